The van der Waals surface area contributed by atoms with Crippen LogP contribution < -0.4 is 5.32 Å². The van der Waals surface area contributed by atoms with Crippen molar-refractivity contribution in [1.82, 2.24) is 19.9 Å². The number of rotatable bonds is 8. The number of carbonyl (C=O) groups excluding carboxylic acids is 1. The van der Waals surface area contributed by atoms with Crippen molar-refractivity contribution in [3.63, 3.8) is 0 Å². The zero-order valence-corrected chi connectivity index (χ0v) is 14.3. The lowest BCUT2D eigenvalue weighted by Crippen LogP contribution is -2.28. The maximum atomic E-state index is 12.1. The van der Waals surface area contributed by atoms with Crippen LogP contribution >= 0.6 is 0 Å². The largest absolute Gasteiger partial charge is 0.377 e. The molecule has 0 spiro atoms. The molecule has 0 bridgehead atoms. The number of nitrogens with one attached hydrogen (secondary N) is 1. The topological polar surface area (TPSA) is 68.5 Å². The first-order valence-electron chi connectivity index (χ1n) is 8.45. The second kappa shape index (κ2) is 8.39. The SMILES string of the molecule is CC(NC(=O)CCCOCc1ccccc1)c1nnc2ccccn12. The summed E-state index contributed by atoms with van der Waals surface area (Å²) in [6, 6.07) is 15.5. The Hall–Kier alpha value is -2.73. The van der Waals surface area contributed by atoms with Gasteiger partial charge < -0.3 is 10.1 Å². The monoisotopic (exact) mass is 338 g/mol. The number of hydrogen-bond donors (Lipinski definition) is 1. The molecule has 2 heterocycles. The fraction of sp³-hybridized carbons (Fsp3) is 0.316. The van der Waals surface area contributed by atoms with Gasteiger partial charge in [0.05, 0.1) is 12.6 Å². The third-order valence-corrected chi connectivity index (χ3v) is 3.91. The molecule has 1 unspecified atom stereocenters. The fourth-order valence-corrected chi connectivity index (χ4v) is 2.63. The first kappa shape index (κ1) is 17.1. The number of benzene rings is 1. The van der Waals surface area contributed by atoms with Crippen molar-refractivity contribution in [2.24, 2.45) is 0 Å². The smallest absolute Gasteiger partial charge is 0.220 e. The van der Waals surface area contributed by atoms with E-state index in [-0.39, 0.29) is 11.9 Å². The lowest BCUT2D eigenvalue weighted by molar-refractivity contribution is -0.122. The van der Waals surface area contributed by atoms with Gasteiger partial charge in [0.25, 0.3) is 0 Å². The summed E-state index contributed by atoms with van der Waals surface area (Å²) in [4.78, 5) is 12.1. The van der Waals surface area contributed by atoms with Crippen LogP contribution in [0.1, 0.15) is 37.2 Å². The Labute approximate surface area is 146 Å². The van der Waals surface area contributed by atoms with Crippen LogP contribution in [-0.2, 0) is 16.1 Å². The lowest BCUT2D eigenvalue weighted by Gasteiger charge is -2.12. The van der Waals surface area contributed by atoms with Gasteiger partial charge in [-0.05, 0) is 31.0 Å². The van der Waals surface area contributed by atoms with Gasteiger partial charge in [-0.3, -0.25) is 9.20 Å². The number of ether oxygens (including phenoxy) is 1. The van der Waals surface area contributed by atoms with Crippen LogP contribution in [0.5, 0.6) is 0 Å². The van der Waals surface area contributed by atoms with Gasteiger partial charge in [0.1, 0.15) is 0 Å². The summed E-state index contributed by atoms with van der Waals surface area (Å²) in [6.45, 7) is 3.04. The minimum Gasteiger partial charge on any atom is -0.377 e. The number of carbonyl (C=O) groups is 1. The zero-order valence-electron chi connectivity index (χ0n) is 14.3. The van der Waals surface area contributed by atoms with E-state index < -0.39 is 0 Å². The van der Waals surface area contributed by atoms with Crippen molar-refractivity contribution in [3.05, 3.63) is 66.1 Å². The third-order valence-electron chi connectivity index (χ3n) is 3.91. The Morgan fingerprint density at radius 2 is 1.96 bits per heavy atom. The van der Waals surface area contributed by atoms with Crippen LogP contribution in [-0.4, -0.2) is 27.1 Å². The van der Waals surface area contributed by atoms with Crippen LogP contribution in [0.4, 0.5) is 0 Å². The highest BCUT2D eigenvalue weighted by Gasteiger charge is 2.15. The molecule has 1 amide bonds. The van der Waals surface area contributed by atoms with E-state index in [2.05, 4.69) is 15.5 Å². The van der Waals surface area contributed by atoms with Gasteiger partial charge in [0.2, 0.25) is 5.91 Å². The standard InChI is InChI=1S/C19H22N4O2/c1-15(19-22-21-17-10-5-6-12-23(17)19)20-18(24)11-7-13-25-14-16-8-3-2-4-9-16/h2-6,8-10,12,15H,7,11,13-14H2,1H3,(H,20,24). The molecule has 0 aliphatic carbocycles. The summed E-state index contributed by atoms with van der Waals surface area (Å²) >= 11 is 0. The highest BCUT2D eigenvalue weighted by molar-refractivity contribution is 5.76. The summed E-state index contributed by atoms with van der Waals surface area (Å²) in [5.74, 6) is 0.716. The average molecular weight is 338 g/mol. The second-order valence-corrected chi connectivity index (χ2v) is 5.92. The third kappa shape index (κ3) is 4.64. The molecule has 2 aromatic heterocycles. The number of amides is 1. The molecule has 1 N–H and O–H groups in total. The average Bonchev–Trinajstić information content (AvgIpc) is 3.06. The molecule has 0 fully saturated rings. The predicted molar refractivity (Wildman–Crippen MR) is 94.9 cm³/mol. The number of nitrogens with zero attached hydrogens (tertiary/aromatic N) is 3. The molecule has 3 rings (SSSR count). The molecule has 1 atom stereocenters. The molecule has 130 valence electrons. The quantitative estimate of drug-likeness (QED) is 0.641. The fourth-order valence-electron chi connectivity index (χ4n) is 2.63. The number of aromatic nitrogens is 3. The molecule has 3 aromatic rings. The summed E-state index contributed by atoms with van der Waals surface area (Å²) in [5.41, 5.74) is 1.91. The molecule has 0 saturated heterocycles. The Morgan fingerprint density at radius 1 is 1.16 bits per heavy atom. The van der Waals surface area contributed by atoms with Gasteiger partial charge in [-0.2, -0.15) is 0 Å². The molecular formula is C19H22N4O2. The molecule has 0 aliphatic rings. The molecule has 1 aromatic carbocycles. The van der Waals surface area contributed by atoms with Crippen molar-refractivity contribution in [2.75, 3.05) is 6.61 Å². The molecule has 0 saturated carbocycles. The maximum Gasteiger partial charge on any atom is 0.220 e. The zero-order chi connectivity index (χ0) is 17.5. The van der Waals surface area contributed by atoms with E-state index in [0.29, 0.717) is 26.1 Å². The summed E-state index contributed by atoms with van der Waals surface area (Å²) < 4.78 is 7.48. The molecule has 6 nitrogen and oxygen atoms in total. The van der Waals surface area contributed by atoms with Crippen molar-refractivity contribution >= 4 is 11.6 Å². The van der Waals surface area contributed by atoms with Gasteiger partial charge in [0.15, 0.2) is 11.5 Å². The normalized spacial score (nSPS) is 12.2. The molecule has 6 heteroatoms. The second-order valence-electron chi connectivity index (χ2n) is 5.92. The van der Waals surface area contributed by atoms with Crippen LogP contribution in [0, 0.1) is 0 Å². The van der Waals surface area contributed by atoms with E-state index in [0.717, 1.165) is 17.0 Å². The first-order valence-corrected chi connectivity index (χ1v) is 8.45. The molecular weight excluding hydrogens is 316 g/mol. The van der Waals surface area contributed by atoms with Gasteiger partial charge in [-0.1, -0.05) is 36.4 Å². The summed E-state index contributed by atoms with van der Waals surface area (Å²) in [5, 5.41) is 11.2. The Bertz CT molecular complexity index is 816. The predicted octanol–water partition coefficient (Wildman–Crippen LogP) is 2.90. The lowest BCUT2D eigenvalue weighted by atomic mass is 10.2. The Morgan fingerprint density at radius 3 is 2.80 bits per heavy atom. The van der Waals surface area contributed by atoms with Crippen LogP contribution in [0.2, 0.25) is 0 Å². The molecule has 25 heavy (non-hydrogen) atoms. The summed E-state index contributed by atoms with van der Waals surface area (Å²) in [6.07, 6.45) is 3.01. The maximum absolute atomic E-state index is 12.1. The van der Waals surface area contributed by atoms with E-state index in [1.165, 1.54) is 0 Å². The number of hydrogen-bond acceptors (Lipinski definition) is 4. The highest BCUT2D eigenvalue weighted by Crippen LogP contribution is 2.12. The van der Waals surface area contributed by atoms with Gasteiger partial charge in [0, 0.05) is 19.2 Å². The number of fused-ring (bicyclic) bond motifs is 1. The minimum absolute atomic E-state index is 0.0107. The molecule has 0 radical (unpaired) electrons. The van der Waals surface area contributed by atoms with Gasteiger partial charge >= 0.3 is 0 Å². The van der Waals surface area contributed by atoms with E-state index in [1.807, 2.05) is 66.1 Å². The highest BCUT2D eigenvalue weighted by atomic mass is 16.5. The van der Waals surface area contributed by atoms with Crippen LogP contribution in [0.25, 0.3) is 5.65 Å². The van der Waals surface area contributed by atoms with Crippen molar-refractivity contribution in [3.8, 4) is 0 Å². The van der Waals surface area contributed by atoms with Gasteiger partial charge in [-0.15, -0.1) is 10.2 Å². The van der Waals surface area contributed by atoms with E-state index >= 15 is 0 Å². The van der Waals surface area contributed by atoms with E-state index in [4.69, 9.17) is 4.74 Å². The first-order chi connectivity index (χ1) is 12.2. The minimum atomic E-state index is -0.199. The van der Waals surface area contributed by atoms with E-state index in [9.17, 15) is 4.79 Å². The molecule has 0 aliphatic heterocycles. The van der Waals surface area contributed by atoms with Crippen LogP contribution in [0.3, 0.4) is 0 Å². The van der Waals surface area contributed by atoms with Crippen molar-refractivity contribution in [2.45, 2.75) is 32.4 Å². The number of pyridine rings is 1. The van der Waals surface area contributed by atoms with E-state index in [1.54, 1.807) is 0 Å². The Kier molecular flexibility index (Phi) is 5.74. The summed E-state index contributed by atoms with van der Waals surface area (Å²) in [7, 11) is 0. The van der Waals surface area contributed by atoms with Crippen molar-refractivity contribution in [1.29, 1.82) is 0 Å². The van der Waals surface area contributed by atoms with Gasteiger partial charge in [-0.25, -0.2) is 0 Å². The van der Waals surface area contributed by atoms with Crippen molar-refractivity contribution < 1.29 is 9.53 Å². The van der Waals surface area contributed by atoms with Crippen LogP contribution in [0.15, 0.2) is 54.7 Å². The Balaban J connectivity index is 1.40.